The summed E-state index contributed by atoms with van der Waals surface area (Å²) < 4.78 is 1.94. The molecule has 2 aliphatic rings. The molecule has 2 aromatic rings. The van der Waals surface area contributed by atoms with Crippen molar-refractivity contribution in [2.45, 2.75) is 51.2 Å². The highest BCUT2D eigenvalue weighted by Crippen LogP contribution is 2.33. The van der Waals surface area contributed by atoms with E-state index in [1.807, 2.05) is 29.1 Å². The number of fused-ring (bicyclic) bond motifs is 1. The molecule has 1 N–H and O–H groups in total. The number of piperidine rings is 1. The van der Waals surface area contributed by atoms with E-state index in [2.05, 4.69) is 15.3 Å². The van der Waals surface area contributed by atoms with E-state index in [9.17, 15) is 5.11 Å². The summed E-state index contributed by atoms with van der Waals surface area (Å²) in [5.74, 6) is 1.14. The van der Waals surface area contributed by atoms with Gasteiger partial charge in [0.25, 0.3) is 0 Å². The minimum atomic E-state index is -0.430. The second-order valence-electron chi connectivity index (χ2n) is 7.32. The van der Waals surface area contributed by atoms with Gasteiger partial charge in [0.1, 0.15) is 11.9 Å². The summed E-state index contributed by atoms with van der Waals surface area (Å²) in [5, 5.41) is 13.0. The molecule has 0 amide bonds. The van der Waals surface area contributed by atoms with Crippen LogP contribution in [0.3, 0.4) is 0 Å². The first-order chi connectivity index (χ1) is 11.7. The van der Waals surface area contributed by atoms with E-state index in [0.717, 1.165) is 38.3 Å². The van der Waals surface area contributed by atoms with E-state index in [1.54, 1.807) is 22.2 Å². The molecule has 130 valence electrons. The number of aromatic nitrogens is 2. The predicted molar refractivity (Wildman–Crippen MR) is 97.1 cm³/mol. The second-order valence-corrected chi connectivity index (χ2v) is 8.29. The van der Waals surface area contributed by atoms with Crippen molar-refractivity contribution in [2.75, 3.05) is 13.1 Å². The standard InChI is InChI=1S/C19H27N3OS/c1-21-11-8-20-19(21)18(23)14-6-9-22(10-7-14)12-15-13-24-17-5-3-2-4-16(15)17/h8,11,13-14,18,23H,2-7,9-10,12H2,1H3. The number of nitrogens with zero attached hydrogens (tertiary/aromatic N) is 3. The maximum absolute atomic E-state index is 10.6. The number of thiophene rings is 1. The van der Waals surface area contributed by atoms with Gasteiger partial charge in [-0.25, -0.2) is 4.98 Å². The highest BCUT2D eigenvalue weighted by molar-refractivity contribution is 7.10. The maximum Gasteiger partial charge on any atom is 0.137 e. The van der Waals surface area contributed by atoms with Gasteiger partial charge in [-0.1, -0.05) is 0 Å². The summed E-state index contributed by atoms with van der Waals surface area (Å²) in [6.45, 7) is 3.25. The normalized spacial score (nSPS) is 20.9. The average molecular weight is 346 g/mol. The first-order valence-electron chi connectivity index (χ1n) is 9.18. The van der Waals surface area contributed by atoms with Crippen molar-refractivity contribution < 1.29 is 5.11 Å². The van der Waals surface area contributed by atoms with Crippen LogP contribution in [-0.4, -0.2) is 32.6 Å². The third-order valence-corrected chi connectivity index (χ3v) is 6.88. The Morgan fingerprint density at radius 2 is 2.08 bits per heavy atom. The van der Waals surface area contributed by atoms with Gasteiger partial charge in [0.2, 0.25) is 0 Å². The summed E-state index contributed by atoms with van der Waals surface area (Å²) in [6.07, 6.45) is 10.7. The van der Waals surface area contributed by atoms with Crippen LogP contribution in [0, 0.1) is 5.92 Å². The number of aliphatic hydroxyl groups is 1. The zero-order valence-electron chi connectivity index (χ0n) is 14.4. The molecule has 5 heteroatoms. The van der Waals surface area contributed by atoms with Crippen LogP contribution < -0.4 is 0 Å². The summed E-state index contributed by atoms with van der Waals surface area (Å²) in [4.78, 5) is 8.52. The first-order valence-corrected chi connectivity index (χ1v) is 10.1. The SMILES string of the molecule is Cn1ccnc1C(O)C1CCN(Cc2csc3c2CCCC3)CC1. The van der Waals surface area contributed by atoms with Gasteiger partial charge in [0.05, 0.1) is 0 Å². The van der Waals surface area contributed by atoms with E-state index in [0.29, 0.717) is 5.92 Å². The van der Waals surface area contributed by atoms with Gasteiger partial charge in [-0.2, -0.15) is 0 Å². The number of hydrogen-bond acceptors (Lipinski definition) is 4. The quantitative estimate of drug-likeness (QED) is 0.924. The first kappa shape index (κ1) is 16.3. The highest BCUT2D eigenvalue weighted by atomic mass is 32.1. The van der Waals surface area contributed by atoms with Crippen LogP contribution >= 0.6 is 11.3 Å². The molecule has 0 radical (unpaired) electrons. The van der Waals surface area contributed by atoms with Gasteiger partial charge < -0.3 is 9.67 Å². The van der Waals surface area contributed by atoms with E-state index < -0.39 is 6.10 Å². The van der Waals surface area contributed by atoms with Gasteiger partial charge in [0.15, 0.2) is 0 Å². The van der Waals surface area contributed by atoms with E-state index >= 15 is 0 Å². The molecule has 2 aromatic heterocycles. The molecule has 24 heavy (non-hydrogen) atoms. The fourth-order valence-electron chi connectivity index (χ4n) is 4.23. The molecule has 3 heterocycles. The topological polar surface area (TPSA) is 41.3 Å². The largest absolute Gasteiger partial charge is 0.385 e. The fraction of sp³-hybridized carbons (Fsp3) is 0.632. The Hall–Kier alpha value is -1.17. The van der Waals surface area contributed by atoms with Crippen LogP contribution in [0.25, 0.3) is 0 Å². The second kappa shape index (κ2) is 6.98. The molecule has 1 atom stereocenters. The maximum atomic E-state index is 10.6. The van der Waals surface area contributed by atoms with Crippen LogP contribution in [0.4, 0.5) is 0 Å². The van der Waals surface area contributed by atoms with Crippen molar-refractivity contribution >= 4 is 11.3 Å². The van der Waals surface area contributed by atoms with Crippen molar-refractivity contribution in [1.29, 1.82) is 0 Å². The molecule has 1 saturated heterocycles. The molecule has 0 aromatic carbocycles. The molecule has 1 unspecified atom stereocenters. The summed E-state index contributed by atoms with van der Waals surface area (Å²) in [7, 11) is 1.96. The lowest BCUT2D eigenvalue weighted by molar-refractivity contribution is 0.0492. The van der Waals surface area contributed by atoms with Crippen LogP contribution in [0.2, 0.25) is 0 Å². The molecular weight excluding hydrogens is 318 g/mol. The zero-order chi connectivity index (χ0) is 16.5. The van der Waals surface area contributed by atoms with Crippen molar-refractivity contribution in [3.8, 4) is 0 Å². The minimum Gasteiger partial charge on any atom is -0.385 e. The van der Waals surface area contributed by atoms with Crippen LogP contribution in [0.1, 0.15) is 53.6 Å². The number of imidazole rings is 1. The fourth-order valence-corrected chi connectivity index (χ4v) is 5.37. The van der Waals surface area contributed by atoms with Gasteiger partial charge in [-0.3, -0.25) is 4.90 Å². The number of aryl methyl sites for hydroxylation is 2. The molecule has 1 aliphatic carbocycles. The van der Waals surface area contributed by atoms with Crippen molar-refractivity contribution in [3.05, 3.63) is 39.6 Å². The van der Waals surface area contributed by atoms with E-state index in [4.69, 9.17) is 0 Å². The Balaban J connectivity index is 1.35. The van der Waals surface area contributed by atoms with Gasteiger partial charge in [-0.15, -0.1) is 11.3 Å². The van der Waals surface area contributed by atoms with Crippen molar-refractivity contribution in [3.63, 3.8) is 0 Å². The molecule has 4 nitrogen and oxygen atoms in total. The third-order valence-electron chi connectivity index (χ3n) is 5.74. The van der Waals surface area contributed by atoms with Gasteiger partial charge in [-0.05, 0) is 74.0 Å². The monoisotopic (exact) mass is 345 g/mol. The lowest BCUT2D eigenvalue weighted by Gasteiger charge is -2.34. The summed E-state index contributed by atoms with van der Waals surface area (Å²) >= 11 is 1.97. The highest BCUT2D eigenvalue weighted by Gasteiger charge is 2.29. The van der Waals surface area contributed by atoms with Gasteiger partial charge in [0, 0.05) is 30.9 Å². The molecule has 0 bridgehead atoms. The molecular formula is C19H27N3OS. The van der Waals surface area contributed by atoms with Crippen LogP contribution in [0.5, 0.6) is 0 Å². The number of likely N-dealkylation sites (tertiary alicyclic amines) is 1. The molecule has 1 fully saturated rings. The van der Waals surface area contributed by atoms with Gasteiger partial charge >= 0.3 is 0 Å². The smallest absolute Gasteiger partial charge is 0.137 e. The van der Waals surface area contributed by atoms with Crippen LogP contribution in [0.15, 0.2) is 17.8 Å². The Kier molecular flexibility index (Phi) is 4.74. The lowest BCUT2D eigenvalue weighted by atomic mass is 9.90. The molecule has 1 aliphatic heterocycles. The third kappa shape index (κ3) is 3.17. The van der Waals surface area contributed by atoms with E-state index in [1.165, 1.54) is 25.7 Å². The predicted octanol–water partition coefficient (Wildman–Crippen LogP) is 3.31. The molecule has 0 spiro atoms. The van der Waals surface area contributed by atoms with Crippen molar-refractivity contribution in [1.82, 2.24) is 14.5 Å². The minimum absolute atomic E-state index is 0.332. The summed E-state index contributed by atoms with van der Waals surface area (Å²) in [5.41, 5.74) is 3.22. The number of hydrogen-bond donors (Lipinski definition) is 1. The van der Waals surface area contributed by atoms with E-state index in [-0.39, 0.29) is 0 Å². The Morgan fingerprint density at radius 3 is 2.83 bits per heavy atom. The lowest BCUT2D eigenvalue weighted by Crippen LogP contribution is -2.35. The number of aliphatic hydroxyl groups excluding tert-OH is 1. The number of rotatable bonds is 4. The Bertz CT molecular complexity index is 685. The Morgan fingerprint density at radius 1 is 1.29 bits per heavy atom. The Labute approximate surface area is 148 Å². The zero-order valence-corrected chi connectivity index (χ0v) is 15.3. The van der Waals surface area contributed by atoms with Crippen molar-refractivity contribution in [2.24, 2.45) is 13.0 Å². The van der Waals surface area contributed by atoms with Crippen LogP contribution in [-0.2, 0) is 26.4 Å². The molecule has 0 saturated carbocycles. The summed E-state index contributed by atoms with van der Waals surface area (Å²) in [6, 6.07) is 0. The molecule has 4 rings (SSSR count). The average Bonchev–Trinajstić information content (AvgIpc) is 3.22.